The SMILES string of the molecule is COc1ccc(CC(C)(N)C#N)cc1OC.Cl. The lowest BCUT2D eigenvalue weighted by molar-refractivity contribution is 0.354. The van der Waals surface area contributed by atoms with Crippen LogP contribution in [0, 0.1) is 11.3 Å². The van der Waals surface area contributed by atoms with Crippen molar-refractivity contribution in [3.05, 3.63) is 23.8 Å². The van der Waals surface area contributed by atoms with Crippen LogP contribution in [-0.4, -0.2) is 19.8 Å². The zero-order valence-corrected chi connectivity index (χ0v) is 11.0. The summed E-state index contributed by atoms with van der Waals surface area (Å²) in [5, 5.41) is 8.85. The second-order valence-electron chi connectivity index (χ2n) is 3.90. The number of nitriles is 1. The molecule has 0 spiro atoms. The summed E-state index contributed by atoms with van der Waals surface area (Å²) in [7, 11) is 3.16. The monoisotopic (exact) mass is 256 g/mol. The lowest BCUT2D eigenvalue weighted by Gasteiger charge is -2.16. The van der Waals surface area contributed by atoms with Gasteiger partial charge >= 0.3 is 0 Å². The van der Waals surface area contributed by atoms with E-state index in [1.54, 1.807) is 21.1 Å². The van der Waals surface area contributed by atoms with E-state index < -0.39 is 5.54 Å². The average molecular weight is 257 g/mol. The average Bonchev–Trinajstić information content (AvgIpc) is 2.28. The predicted molar refractivity (Wildman–Crippen MR) is 68.7 cm³/mol. The number of rotatable bonds is 4. The summed E-state index contributed by atoms with van der Waals surface area (Å²) < 4.78 is 10.3. The fourth-order valence-electron chi connectivity index (χ4n) is 1.45. The number of halogens is 1. The molecule has 17 heavy (non-hydrogen) atoms. The zero-order valence-electron chi connectivity index (χ0n) is 10.2. The zero-order chi connectivity index (χ0) is 12.2. The molecule has 0 amide bonds. The highest BCUT2D eigenvalue weighted by Crippen LogP contribution is 2.28. The number of nitrogens with two attached hydrogens (primary N) is 1. The van der Waals surface area contributed by atoms with Gasteiger partial charge in [-0.05, 0) is 24.6 Å². The van der Waals surface area contributed by atoms with Crippen molar-refractivity contribution in [1.82, 2.24) is 0 Å². The molecule has 1 atom stereocenters. The van der Waals surface area contributed by atoms with Crippen LogP contribution in [0.2, 0.25) is 0 Å². The molecule has 0 bridgehead atoms. The van der Waals surface area contributed by atoms with Gasteiger partial charge in [-0.1, -0.05) is 6.07 Å². The topological polar surface area (TPSA) is 68.3 Å². The van der Waals surface area contributed by atoms with E-state index >= 15 is 0 Å². The van der Waals surface area contributed by atoms with Crippen LogP contribution in [-0.2, 0) is 6.42 Å². The molecular formula is C12H17ClN2O2. The Morgan fingerprint density at radius 1 is 1.29 bits per heavy atom. The summed E-state index contributed by atoms with van der Waals surface area (Å²) in [5.74, 6) is 1.32. The van der Waals surface area contributed by atoms with Gasteiger partial charge in [-0.15, -0.1) is 12.4 Å². The first-order chi connectivity index (χ1) is 7.52. The molecule has 0 fully saturated rings. The molecule has 0 saturated heterocycles. The quantitative estimate of drug-likeness (QED) is 0.894. The highest BCUT2D eigenvalue weighted by Gasteiger charge is 2.18. The molecule has 1 aromatic rings. The molecule has 0 aliphatic rings. The molecule has 0 aromatic heterocycles. The van der Waals surface area contributed by atoms with Gasteiger partial charge in [0.05, 0.1) is 20.3 Å². The third kappa shape index (κ3) is 4.14. The van der Waals surface area contributed by atoms with Crippen LogP contribution in [0.15, 0.2) is 18.2 Å². The lowest BCUT2D eigenvalue weighted by atomic mass is 9.95. The highest BCUT2D eigenvalue weighted by molar-refractivity contribution is 5.85. The van der Waals surface area contributed by atoms with E-state index in [0.717, 1.165) is 5.56 Å². The van der Waals surface area contributed by atoms with E-state index in [4.69, 9.17) is 20.5 Å². The third-order valence-electron chi connectivity index (χ3n) is 2.27. The van der Waals surface area contributed by atoms with E-state index in [-0.39, 0.29) is 12.4 Å². The van der Waals surface area contributed by atoms with E-state index in [9.17, 15) is 0 Å². The van der Waals surface area contributed by atoms with Crippen molar-refractivity contribution >= 4 is 12.4 Å². The number of hydrogen-bond donors (Lipinski definition) is 1. The number of benzene rings is 1. The smallest absolute Gasteiger partial charge is 0.160 e. The van der Waals surface area contributed by atoms with Crippen molar-refractivity contribution in [1.29, 1.82) is 5.26 Å². The van der Waals surface area contributed by atoms with E-state index in [1.807, 2.05) is 18.2 Å². The summed E-state index contributed by atoms with van der Waals surface area (Å²) in [6.07, 6.45) is 0.476. The van der Waals surface area contributed by atoms with Crippen molar-refractivity contribution in [2.24, 2.45) is 5.73 Å². The Morgan fingerprint density at radius 3 is 2.35 bits per heavy atom. The minimum absolute atomic E-state index is 0. The van der Waals surface area contributed by atoms with Crippen LogP contribution in [0.3, 0.4) is 0 Å². The largest absolute Gasteiger partial charge is 0.493 e. The Kier molecular flexibility index (Phi) is 5.80. The summed E-state index contributed by atoms with van der Waals surface area (Å²) in [4.78, 5) is 0. The fourth-order valence-corrected chi connectivity index (χ4v) is 1.45. The molecular weight excluding hydrogens is 240 g/mol. The number of ether oxygens (including phenoxy) is 2. The molecule has 1 aromatic carbocycles. The Bertz CT molecular complexity index is 413. The van der Waals surface area contributed by atoms with Gasteiger partial charge in [-0.2, -0.15) is 5.26 Å². The number of hydrogen-bond acceptors (Lipinski definition) is 4. The maximum Gasteiger partial charge on any atom is 0.160 e. The number of nitrogens with zero attached hydrogens (tertiary/aromatic N) is 1. The molecule has 1 rings (SSSR count). The van der Waals surface area contributed by atoms with Gasteiger partial charge in [0.15, 0.2) is 11.5 Å². The predicted octanol–water partition coefficient (Wildman–Crippen LogP) is 1.91. The summed E-state index contributed by atoms with van der Waals surface area (Å²) in [6, 6.07) is 7.58. The summed E-state index contributed by atoms with van der Waals surface area (Å²) in [5.41, 5.74) is 5.86. The van der Waals surface area contributed by atoms with Gasteiger partial charge in [0, 0.05) is 6.42 Å². The minimum Gasteiger partial charge on any atom is -0.493 e. The first kappa shape index (κ1) is 15.6. The maximum atomic E-state index is 8.85. The lowest BCUT2D eigenvalue weighted by Crippen LogP contribution is -2.36. The van der Waals surface area contributed by atoms with E-state index in [2.05, 4.69) is 6.07 Å². The van der Waals surface area contributed by atoms with Gasteiger partial charge < -0.3 is 15.2 Å². The normalized spacial score (nSPS) is 12.9. The molecule has 0 aliphatic heterocycles. The van der Waals surface area contributed by atoms with Crippen molar-refractivity contribution in [3.63, 3.8) is 0 Å². The van der Waals surface area contributed by atoms with Crippen LogP contribution in [0.5, 0.6) is 11.5 Å². The minimum atomic E-state index is -0.862. The van der Waals surface area contributed by atoms with Crippen LogP contribution in [0.4, 0.5) is 0 Å². The van der Waals surface area contributed by atoms with Gasteiger partial charge in [-0.3, -0.25) is 0 Å². The molecule has 0 aliphatic carbocycles. The third-order valence-corrected chi connectivity index (χ3v) is 2.27. The Hall–Kier alpha value is -1.44. The molecule has 2 N–H and O–H groups in total. The van der Waals surface area contributed by atoms with E-state index in [1.165, 1.54) is 0 Å². The second kappa shape index (κ2) is 6.33. The Labute approximate surface area is 108 Å². The first-order valence-corrected chi connectivity index (χ1v) is 4.93. The Morgan fingerprint density at radius 2 is 1.88 bits per heavy atom. The van der Waals surface area contributed by atoms with Crippen LogP contribution in [0.25, 0.3) is 0 Å². The van der Waals surface area contributed by atoms with Gasteiger partial charge in [-0.25, -0.2) is 0 Å². The van der Waals surface area contributed by atoms with Gasteiger partial charge in [0.1, 0.15) is 5.54 Å². The number of methoxy groups -OCH3 is 2. The van der Waals surface area contributed by atoms with Gasteiger partial charge in [0.25, 0.3) is 0 Å². The van der Waals surface area contributed by atoms with Gasteiger partial charge in [0.2, 0.25) is 0 Å². The van der Waals surface area contributed by atoms with E-state index in [0.29, 0.717) is 17.9 Å². The fraction of sp³-hybridized carbons (Fsp3) is 0.417. The Balaban J connectivity index is 0.00000256. The summed E-state index contributed by atoms with van der Waals surface area (Å²) >= 11 is 0. The molecule has 4 nitrogen and oxygen atoms in total. The van der Waals surface area contributed by atoms with Crippen LogP contribution < -0.4 is 15.2 Å². The molecule has 5 heteroatoms. The van der Waals surface area contributed by atoms with Crippen molar-refractivity contribution < 1.29 is 9.47 Å². The molecule has 1 unspecified atom stereocenters. The molecule has 94 valence electrons. The summed E-state index contributed by atoms with van der Waals surface area (Å²) in [6.45, 7) is 1.70. The van der Waals surface area contributed by atoms with Crippen LogP contribution >= 0.6 is 12.4 Å². The molecule has 0 heterocycles. The molecule has 0 radical (unpaired) electrons. The first-order valence-electron chi connectivity index (χ1n) is 4.93. The molecule has 0 saturated carbocycles. The van der Waals surface area contributed by atoms with Crippen LogP contribution in [0.1, 0.15) is 12.5 Å². The second-order valence-corrected chi connectivity index (χ2v) is 3.90. The standard InChI is InChI=1S/C12H16N2O2.ClH/c1-12(14,8-13)7-9-4-5-10(15-2)11(6-9)16-3;/h4-6H,7,14H2,1-3H3;1H. The maximum absolute atomic E-state index is 8.85. The van der Waals surface area contributed by atoms with Crippen molar-refractivity contribution in [2.45, 2.75) is 18.9 Å². The van der Waals surface area contributed by atoms with Crippen molar-refractivity contribution in [3.8, 4) is 17.6 Å². The highest BCUT2D eigenvalue weighted by atomic mass is 35.5. The van der Waals surface area contributed by atoms with Crippen molar-refractivity contribution in [2.75, 3.05) is 14.2 Å².